The largest absolute Gasteiger partial charge is 0.327 e. The number of nitrogens with two attached hydrogens (primary N) is 1. The molecule has 16 heavy (non-hydrogen) atoms. The van der Waals surface area contributed by atoms with E-state index < -0.39 is 0 Å². The van der Waals surface area contributed by atoms with Crippen molar-refractivity contribution in [1.29, 1.82) is 0 Å². The summed E-state index contributed by atoms with van der Waals surface area (Å²) in [5.74, 6) is 1.64. The van der Waals surface area contributed by atoms with Crippen LogP contribution in [0.1, 0.15) is 17.7 Å². The first-order chi connectivity index (χ1) is 7.72. The summed E-state index contributed by atoms with van der Waals surface area (Å²) in [7, 11) is 0. The van der Waals surface area contributed by atoms with E-state index in [2.05, 4.69) is 32.3 Å². The van der Waals surface area contributed by atoms with Crippen molar-refractivity contribution in [3.8, 4) is 0 Å². The second-order valence-corrected chi connectivity index (χ2v) is 7.00. The molecule has 0 aromatic carbocycles. The fraction of sp³-hybridized carbons (Fsp3) is 0.667. The molecule has 1 saturated carbocycles. The van der Waals surface area contributed by atoms with Crippen LogP contribution in [-0.2, 0) is 6.54 Å². The highest BCUT2D eigenvalue weighted by Crippen LogP contribution is 2.38. The highest BCUT2D eigenvalue weighted by atomic mass is 79.9. The molecule has 1 saturated heterocycles. The molecule has 0 bridgehead atoms. The van der Waals surface area contributed by atoms with Crippen molar-refractivity contribution in [3.63, 3.8) is 0 Å². The van der Waals surface area contributed by atoms with Gasteiger partial charge < -0.3 is 5.73 Å². The van der Waals surface area contributed by atoms with Gasteiger partial charge in [-0.05, 0) is 46.7 Å². The lowest BCUT2D eigenvalue weighted by Crippen LogP contribution is -2.30. The molecule has 2 N–H and O–H groups in total. The van der Waals surface area contributed by atoms with Gasteiger partial charge in [-0.3, -0.25) is 4.90 Å². The molecule has 2 nitrogen and oxygen atoms in total. The van der Waals surface area contributed by atoms with E-state index in [4.69, 9.17) is 5.73 Å². The van der Waals surface area contributed by atoms with E-state index in [1.54, 1.807) is 0 Å². The number of hydrogen-bond acceptors (Lipinski definition) is 3. The first kappa shape index (κ1) is 11.2. The molecule has 0 amide bonds. The Kier molecular flexibility index (Phi) is 3.09. The third-order valence-corrected chi connectivity index (χ3v) is 5.67. The number of thiophene rings is 1. The van der Waals surface area contributed by atoms with Crippen molar-refractivity contribution in [1.82, 2.24) is 4.90 Å². The fourth-order valence-electron chi connectivity index (χ4n) is 3.19. The lowest BCUT2D eigenvalue weighted by molar-refractivity contribution is 0.300. The summed E-state index contributed by atoms with van der Waals surface area (Å²) >= 11 is 5.36. The average molecular weight is 301 g/mol. The molecule has 2 heterocycles. The highest BCUT2D eigenvalue weighted by molar-refractivity contribution is 9.10. The van der Waals surface area contributed by atoms with E-state index in [-0.39, 0.29) is 0 Å². The second kappa shape index (κ2) is 4.41. The minimum absolute atomic E-state index is 0.463. The van der Waals surface area contributed by atoms with Gasteiger partial charge in [-0.25, -0.2) is 0 Å². The number of halogens is 1. The zero-order valence-electron chi connectivity index (χ0n) is 9.23. The smallest absolute Gasteiger partial charge is 0.0328 e. The van der Waals surface area contributed by atoms with Crippen LogP contribution in [0.25, 0.3) is 0 Å². The molecule has 1 aromatic rings. The molecule has 3 unspecified atom stereocenters. The molecule has 1 aromatic heterocycles. The summed E-state index contributed by atoms with van der Waals surface area (Å²) in [6, 6.07) is 2.70. The maximum atomic E-state index is 6.15. The van der Waals surface area contributed by atoms with Gasteiger partial charge in [-0.1, -0.05) is 0 Å². The Morgan fingerprint density at radius 1 is 1.44 bits per heavy atom. The van der Waals surface area contributed by atoms with Crippen molar-refractivity contribution in [2.75, 3.05) is 13.1 Å². The van der Waals surface area contributed by atoms with Gasteiger partial charge in [-0.2, -0.15) is 0 Å². The third kappa shape index (κ3) is 2.08. The molecule has 2 fully saturated rings. The predicted octanol–water partition coefficient (Wildman–Crippen LogP) is 2.68. The molecule has 1 aliphatic heterocycles. The van der Waals surface area contributed by atoms with E-state index in [0.717, 1.165) is 18.4 Å². The number of nitrogens with zero attached hydrogens (tertiary/aromatic N) is 1. The van der Waals surface area contributed by atoms with Crippen molar-refractivity contribution in [2.45, 2.75) is 25.4 Å². The first-order valence-electron chi connectivity index (χ1n) is 5.93. The summed E-state index contributed by atoms with van der Waals surface area (Å²) in [4.78, 5) is 4.03. The van der Waals surface area contributed by atoms with Crippen LogP contribution < -0.4 is 5.73 Å². The van der Waals surface area contributed by atoms with Crippen LogP contribution in [0.2, 0.25) is 0 Å². The average Bonchev–Trinajstić information content (AvgIpc) is 2.88. The lowest BCUT2D eigenvalue weighted by Gasteiger charge is -2.17. The Bertz CT molecular complexity index is 379. The number of likely N-dealkylation sites (tertiary alicyclic amines) is 1. The maximum absolute atomic E-state index is 6.15. The lowest BCUT2D eigenvalue weighted by atomic mass is 9.98. The molecule has 88 valence electrons. The van der Waals surface area contributed by atoms with E-state index in [9.17, 15) is 0 Å². The standard InChI is InChI=1S/C12H17BrN2S/c13-9-3-10(16-7-9)5-15-4-8-1-2-12(14)11(8)6-15/h3,7-8,11-12H,1-2,4-6,14H2. The van der Waals surface area contributed by atoms with Crippen molar-refractivity contribution < 1.29 is 0 Å². The number of rotatable bonds is 2. The minimum Gasteiger partial charge on any atom is -0.327 e. The predicted molar refractivity (Wildman–Crippen MR) is 71.5 cm³/mol. The maximum Gasteiger partial charge on any atom is 0.0328 e. The van der Waals surface area contributed by atoms with E-state index in [1.807, 2.05) is 11.3 Å². The van der Waals surface area contributed by atoms with Crippen molar-refractivity contribution in [3.05, 3.63) is 20.8 Å². The molecule has 3 rings (SSSR count). The quantitative estimate of drug-likeness (QED) is 0.910. The molecule has 2 aliphatic rings. The molecule has 0 radical (unpaired) electrons. The molecule has 1 aliphatic carbocycles. The molecule has 4 heteroatoms. The van der Waals surface area contributed by atoms with Crippen LogP contribution in [0.5, 0.6) is 0 Å². The van der Waals surface area contributed by atoms with E-state index in [1.165, 1.54) is 35.3 Å². The van der Waals surface area contributed by atoms with Gasteiger partial charge in [0.25, 0.3) is 0 Å². The van der Waals surface area contributed by atoms with E-state index >= 15 is 0 Å². The van der Waals surface area contributed by atoms with Crippen LogP contribution >= 0.6 is 27.3 Å². The molecular weight excluding hydrogens is 284 g/mol. The van der Waals surface area contributed by atoms with Gasteiger partial charge in [0.05, 0.1) is 0 Å². The van der Waals surface area contributed by atoms with Gasteiger partial charge in [0.1, 0.15) is 0 Å². The van der Waals surface area contributed by atoms with Crippen LogP contribution in [0.3, 0.4) is 0 Å². The summed E-state index contributed by atoms with van der Waals surface area (Å²) < 4.78 is 1.21. The monoisotopic (exact) mass is 300 g/mol. The topological polar surface area (TPSA) is 29.3 Å². The van der Waals surface area contributed by atoms with Gasteiger partial charge in [-0.15, -0.1) is 11.3 Å². The summed E-state index contributed by atoms with van der Waals surface area (Å²) in [5, 5.41) is 2.16. The molecular formula is C12H17BrN2S. The van der Waals surface area contributed by atoms with Crippen LogP contribution in [0, 0.1) is 11.8 Å². The summed E-state index contributed by atoms with van der Waals surface area (Å²) in [6.45, 7) is 3.57. The van der Waals surface area contributed by atoms with E-state index in [0.29, 0.717) is 6.04 Å². The normalized spacial score (nSPS) is 34.5. The van der Waals surface area contributed by atoms with Gasteiger partial charge >= 0.3 is 0 Å². The minimum atomic E-state index is 0.463. The zero-order valence-corrected chi connectivity index (χ0v) is 11.6. The summed E-state index contributed by atoms with van der Waals surface area (Å²) in [5.41, 5.74) is 6.15. The van der Waals surface area contributed by atoms with Gasteiger partial charge in [0.2, 0.25) is 0 Å². The number of fused-ring (bicyclic) bond motifs is 1. The summed E-state index contributed by atoms with van der Waals surface area (Å²) in [6.07, 6.45) is 2.59. The Morgan fingerprint density at radius 2 is 2.31 bits per heavy atom. The Hall–Kier alpha value is 0.1000. The van der Waals surface area contributed by atoms with Crippen molar-refractivity contribution in [2.24, 2.45) is 17.6 Å². The Labute approximate surface area is 109 Å². The number of hydrogen-bond donors (Lipinski definition) is 1. The van der Waals surface area contributed by atoms with Crippen LogP contribution in [0.15, 0.2) is 15.9 Å². The third-order valence-electron chi connectivity index (χ3n) is 3.99. The SMILES string of the molecule is NC1CCC2CN(Cc3cc(Br)cs3)CC12. The molecule has 0 spiro atoms. The first-order valence-corrected chi connectivity index (χ1v) is 7.60. The van der Waals surface area contributed by atoms with Gasteiger partial charge in [0, 0.05) is 40.4 Å². The van der Waals surface area contributed by atoms with Crippen LogP contribution in [0.4, 0.5) is 0 Å². The Morgan fingerprint density at radius 3 is 3.00 bits per heavy atom. The second-order valence-electron chi connectivity index (χ2n) is 5.09. The van der Waals surface area contributed by atoms with Crippen molar-refractivity contribution >= 4 is 27.3 Å². The Balaban J connectivity index is 1.62. The molecule has 3 atom stereocenters. The van der Waals surface area contributed by atoms with Gasteiger partial charge in [0.15, 0.2) is 0 Å². The fourth-order valence-corrected chi connectivity index (χ4v) is 4.68. The van der Waals surface area contributed by atoms with Crippen LogP contribution in [-0.4, -0.2) is 24.0 Å². The highest BCUT2D eigenvalue weighted by Gasteiger charge is 2.40. The zero-order chi connectivity index (χ0) is 11.1.